The number of aromatic nitrogens is 1. The van der Waals surface area contributed by atoms with E-state index < -0.39 is 11.7 Å². The van der Waals surface area contributed by atoms with Crippen LogP contribution in [0.1, 0.15) is 29.5 Å². The van der Waals surface area contributed by atoms with Gasteiger partial charge in [-0.05, 0) is 56.0 Å². The van der Waals surface area contributed by atoms with Crippen molar-refractivity contribution in [2.45, 2.75) is 32.9 Å². The fourth-order valence-electron chi connectivity index (χ4n) is 3.46. The quantitative estimate of drug-likeness (QED) is 0.752. The molecular formula is C20H21ClF3N3O. The van der Waals surface area contributed by atoms with E-state index in [2.05, 4.69) is 10.3 Å². The first kappa shape index (κ1) is 20.5. The van der Waals surface area contributed by atoms with E-state index in [0.29, 0.717) is 31.7 Å². The third-order valence-electron chi connectivity index (χ3n) is 4.80. The maximum atomic E-state index is 12.8. The summed E-state index contributed by atoms with van der Waals surface area (Å²) in [6.45, 7) is 4.95. The van der Waals surface area contributed by atoms with Gasteiger partial charge < -0.3 is 10.2 Å². The summed E-state index contributed by atoms with van der Waals surface area (Å²) in [7, 11) is 0. The average Bonchev–Trinajstić information content (AvgIpc) is 2.60. The Hall–Kier alpha value is -2.28. The van der Waals surface area contributed by atoms with E-state index in [1.54, 1.807) is 0 Å². The van der Waals surface area contributed by atoms with Crippen molar-refractivity contribution < 1.29 is 18.0 Å². The van der Waals surface area contributed by atoms with Crippen LogP contribution in [-0.4, -0.2) is 24.0 Å². The number of amides is 1. The number of halogens is 4. The molecule has 0 bridgehead atoms. The molecule has 1 fully saturated rings. The van der Waals surface area contributed by atoms with Crippen LogP contribution in [0.5, 0.6) is 0 Å². The lowest BCUT2D eigenvalue weighted by molar-refractivity contribution is -0.137. The zero-order valence-corrected chi connectivity index (χ0v) is 16.4. The Morgan fingerprint density at radius 3 is 2.29 bits per heavy atom. The predicted molar refractivity (Wildman–Crippen MR) is 104 cm³/mol. The fourth-order valence-corrected chi connectivity index (χ4v) is 3.75. The van der Waals surface area contributed by atoms with Crippen LogP contribution in [-0.2, 0) is 11.0 Å². The number of aryl methyl sites for hydroxylation is 2. The van der Waals surface area contributed by atoms with Gasteiger partial charge >= 0.3 is 6.18 Å². The Bertz CT molecular complexity index is 857. The van der Waals surface area contributed by atoms with Gasteiger partial charge in [0.15, 0.2) is 0 Å². The first-order chi connectivity index (χ1) is 13.1. The van der Waals surface area contributed by atoms with Gasteiger partial charge in [-0.15, -0.1) is 0 Å². The molecule has 0 radical (unpaired) electrons. The summed E-state index contributed by atoms with van der Waals surface area (Å²) < 4.78 is 38.3. The van der Waals surface area contributed by atoms with Gasteiger partial charge in [-0.2, -0.15) is 13.2 Å². The van der Waals surface area contributed by atoms with Gasteiger partial charge in [-0.1, -0.05) is 17.7 Å². The Labute approximate surface area is 166 Å². The van der Waals surface area contributed by atoms with Crippen molar-refractivity contribution in [2.75, 3.05) is 23.3 Å². The second kappa shape index (κ2) is 7.99. The van der Waals surface area contributed by atoms with Gasteiger partial charge in [0, 0.05) is 30.9 Å². The summed E-state index contributed by atoms with van der Waals surface area (Å²) >= 11 is 6.02. The summed E-state index contributed by atoms with van der Waals surface area (Å²) in [6.07, 6.45) is -2.53. The Morgan fingerprint density at radius 1 is 1.14 bits per heavy atom. The number of nitrogens with one attached hydrogen (secondary N) is 1. The monoisotopic (exact) mass is 411 g/mol. The highest BCUT2D eigenvalue weighted by Crippen LogP contribution is 2.34. The van der Waals surface area contributed by atoms with Crippen molar-refractivity contribution in [3.8, 4) is 0 Å². The molecule has 8 heteroatoms. The smallest absolute Gasteiger partial charge is 0.355 e. The number of hydrogen-bond acceptors (Lipinski definition) is 3. The van der Waals surface area contributed by atoms with Crippen LogP contribution < -0.4 is 10.2 Å². The van der Waals surface area contributed by atoms with E-state index in [0.717, 1.165) is 29.1 Å². The highest BCUT2D eigenvalue weighted by Gasteiger charge is 2.33. The lowest BCUT2D eigenvalue weighted by atomic mass is 9.95. The first-order valence-electron chi connectivity index (χ1n) is 9.00. The number of piperidine rings is 1. The number of carbonyl (C=O) groups excluding carboxylic acids is 1. The molecule has 1 aliphatic rings. The molecule has 1 aromatic carbocycles. The van der Waals surface area contributed by atoms with Crippen molar-refractivity contribution in [3.05, 3.63) is 52.2 Å². The molecule has 0 unspecified atom stereocenters. The lowest BCUT2D eigenvalue weighted by Gasteiger charge is -2.32. The summed E-state index contributed by atoms with van der Waals surface area (Å²) in [4.78, 5) is 18.3. The van der Waals surface area contributed by atoms with Crippen LogP contribution in [0.4, 0.5) is 24.7 Å². The number of benzene rings is 1. The summed E-state index contributed by atoms with van der Waals surface area (Å²) in [5.41, 5.74) is 2.06. The van der Waals surface area contributed by atoms with Crippen molar-refractivity contribution in [1.82, 2.24) is 4.98 Å². The molecule has 1 saturated heterocycles. The minimum absolute atomic E-state index is 0.0343. The second-order valence-corrected chi connectivity index (χ2v) is 7.56. The van der Waals surface area contributed by atoms with E-state index in [9.17, 15) is 18.0 Å². The zero-order valence-electron chi connectivity index (χ0n) is 15.6. The molecule has 1 aromatic heterocycles. The third kappa shape index (κ3) is 4.76. The van der Waals surface area contributed by atoms with Gasteiger partial charge in [0.1, 0.15) is 5.82 Å². The van der Waals surface area contributed by atoms with E-state index in [-0.39, 0.29) is 16.8 Å². The van der Waals surface area contributed by atoms with Crippen molar-refractivity contribution >= 4 is 29.0 Å². The predicted octanol–water partition coefficient (Wildman–Crippen LogP) is 5.23. The number of nitrogens with zero attached hydrogens (tertiary/aromatic N) is 2. The Balaban J connectivity index is 1.62. The topological polar surface area (TPSA) is 45.2 Å². The largest absolute Gasteiger partial charge is 0.417 e. The molecule has 0 spiro atoms. The highest BCUT2D eigenvalue weighted by molar-refractivity contribution is 6.33. The molecule has 3 rings (SSSR count). The lowest BCUT2D eigenvalue weighted by Crippen LogP contribution is -2.38. The van der Waals surface area contributed by atoms with Gasteiger partial charge in [-0.25, -0.2) is 4.98 Å². The Morgan fingerprint density at radius 2 is 1.75 bits per heavy atom. The van der Waals surface area contributed by atoms with Gasteiger partial charge in [-0.3, -0.25) is 4.79 Å². The molecule has 1 aliphatic heterocycles. The summed E-state index contributed by atoms with van der Waals surface area (Å²) in [5, 5.41) is 2.92. The molecule has 28 heavy (non-hydrogen) atoms. The number of pyridine rings is 1. The van der Waals surface area contributed by atoms with Crippen LogP contribution in [0.15, 0.2) is 30.5 Å². The van der Waals surface area contributed by atoms with Crippen LogP contribution in [0.25, 0.3) is 0 Å². The maximum absolute atomic E-state index is 12.8. The Kier molecular flexibility index (Phi) is 5.84. The van der Waals surface area contributed by atoms with Crippen LogP contribution >= 0.6 is 11.6 Å². The van der Waals surface area contributed by atoms with Crippen LogP contribution in [0.2, 0.25) is 5.02 Å². The average molecular weight is 412 g/mol. The van der Waals surface area contributed by atoms with Crippen LogP contribution in [0.3, 0.4) is 0 Å². The zero-order chi connectivity index (χ0) is 20.5. The normalized spacial score (nSPS) is 15.6. The van der Waals surface area contributed by atoms with Crippen molar-refractivity contribution in [1.29, 1.82) is 0 Å². The number of hydrogen-bond donors (Lipinski definition) is 1. The molecule has 0 aliphatic carbocycles. The van der Waals surface area contributed by atoms with Crippen molar-refractivity contribution in [2.24, 2.45) is 5.92 Å². The summed E-state index contributed by atoms with van der Waals surface area (Å²) in [5.74, 6) is 0.115. The van der Waals surface area contributed by atoms with Gasteiger partial charge in [0.05, 0.1) is 10.6 Å². The standard InChI is InChI=1S/C20H21ClF3N3O/c1-12-7-13(2)9-16(8-12)26-19(28)14-3-5-27(6-4-14)18-17(21)10-15(11-25-18)20(22,23)24/h7-11,14H,3-6H2,1-2H3,(H,26,28). The molecule has 4 nitrogen and oxygen atoms in total. The molecule has 2 heterocycles. The maximum Gasteiger partial charge on any atom is 0.417 e. The van der Waals surface area contributed by atoms with E-state index >= 15 is 0 Å². The molecule has 1 N–H and O–H groups in total. The highest BCUT2D eigenvalue weighted by atomic mass is 35.5. The first-order valence-corrected chi connectivity index (χ1v) is 9.38. The van der Waals surface area contributed by atoms with E-state index in [1.807, 2.05) is 36.9 Å². The van der Waals surface area contributed by atoms with Crippen LogP contribution in [0, 0.1) is 19.8 Å². The fraction of sp³-hybridized carbons (Fsp3) is 0.400. The summed E-state index contributed by atoms with van der Waals surface area (Å²) in [6, 6.07) is 6.77. The van der Waals surface area contributed by atoms with E-state index in [1.165, 1.54) is 0 Å². The molecule has 0 saturated carbocycles. The minimum atomic E-state index is -4.48. The molecule has 1 amide bonds. The SMILES string of the molecule is Cc1cc(C)cc(NC(=O)C2CCN(c3ncc(C(F)(F)F)cc3Cl)CC2)c1. The minimum Gasteiger partial charge on any atom is -0.355 e. The third-order valence-corrected chi connectivity index (χ3v) is 5.08. The number of anilines is 2. The van der Waals surface area contributed by atoms with Gasteiger partial charge in [0.25, 0.3) is 0 Å². The molecule has 150 valence electrons. The molecule has 2 aromatic rings. The molecular weight excluding hydrogens is 391 g/mol. The number of carbonyl (C=O) groups is 1. The number of rotatable bonds is 3. The number of alkyl halides is 3. The molecule has 0 atom stereocenters. The second-order valence-electron chi connectivity index (χ2n) is 7.15. The van der Waals surface area contributed by atoms with Crippen molar-refractivity contribution in [3.63, 3.8) is 0 Å². The van der Waals surface area contributed by atoms with Gasteiger partial charge in [0.2, 0.25) is 5.91 Å². The van der Waals surface area contributed by atoms with E-state index in [4.69, 9.17) is 11.6 Å².